The molecule has 0 N–H and O–H groups in total. The number of aromatic nitrogens is 1. The summed E-state index contributed by atoms with van der Waals surface area (Å²) in [6.07, 6.45) is 0. The first-order chi connectivity index (χ1) is 9.78. The van der Waals surface area contributed by atoms with Crippen molar-refractivity contribution in [2.75, 3.05) is 32.7 Å². The number of hydrogen-bond acceptors (Lipinski definition) is 5. The predicted octanol–water partition coefficient (Wildman–Crippen LogP) is 2.65. The first kappa shape index (κ1) is 13.7. The van der Waals surface area contributed by atoms with E-state index in [1.54, 1.807) is 22.7 Å². The fourth-order valence-electron chi connectivity index (χ4n) is 2.31. The molecule has 2 aromatic rings. The van der Waals surface area contributed by atoms with Crippen LogP contribution in [0.5, 0.6) is 0 Å². The maximum Gasteiger partial charge on any atom is 0.273 e. The van der Waals surface area contributed by atoms with E-state index in [-0.39, 0.29) is 5.91 Å². The summed E-state index contributed by atoms with van der Waals surface area (Å²) >= 11 is 3.20. The van der Waals surface area contributed by atoms with Gasteiger partial charge in [-0.1, -0.05) is 13.0 Å². The fraction of sp³-hybridized carbons (Fsp3) is 0.429. The second-order valence-electron chi connectivity index (χ2n) is 4.74. The summed E-state index contributed by atoms with van der Waals surface area (Å²) in [5.74, 6) is 0.0693. The molecule has 3 heterocycles. The second kappa shape index (κ2) is 6.03. The largest absolute Gasteiger partial charge is 0.335 e. The molecule has 0 saturated carbocycles. The summed E-state index contributed by atoms with van der Waals surface area (Å²) in [5.41, 5.74) is 0.586. The zero-order valence-electron chi connectivity index (χ0n) is 11.4. The Hall–Kier alpha value is -1.24. The Bertz CT molecular complexity index is 571. The average Bonchev–Trinajstić information content (AvgIpc) is 3.17. The number of nitrogens with zero attached hydrogens (tertiary/aromatic N) is 3. The van der Waals surface area contributed by atoms with Gasteiger partial charge in [-0.15, -0.1) is 22.7 Å². The van der Waals surface area contributed by atoms with Crippen LogP contribution in [0, 0.1) is 0 Å². The van der Waals surface area contributed by atoms with Crippen molar-refractivity contribution in [1.29, 1.82) is 0 Å². The third-order valence-corrected chi connectivity index (χ3v) is 5.44. The average molecular weight is 307 g/mol. The van der Waals surface area contributed by atoms with Gasteiger partial charge in [-0.05, 0) is 18.0 Å². The minimum absolute atomic E-state index is 0.0693. The molecule has 3 rings (SSSR count). The van der Waals surface area contributed by atoms with Gasteiger partial charge in [-0.3, -0.25) is 4.79 Å². The predicted molar refractivity (Wildman–Crippen MR) is 83.4 cm³/mol. The van der Waals surface area contributed by atoms with Crippen molar-refractivity contribution in [2.45, 2.75) is 6.92 Å². The third-order valence-electron chi connectivity index (χ3n) is 3.56. The molecule has 20 heavy (non-hydrogen) atoms. The van der Waals surface area contributed by atoms with E-state index >= 15 is 0 Å². The first-order valence-electron chi connectivity index (χ1n) is 6.79. The van der Waals surface area contributed by atoms with Gasteiger partial charge in [0.15, 0.2) is 0 Å². The molecule has 0 aromatic carbocycles. The Kier molecular flexibility index (Phi) is 4.14. The lowest BCUT2D eigenvalue weighted by Gasteiger charge is -2.33. The van der Waals surface area contributed by atoms with Crippen LogP contribution in [0.2, 0.25) is 0 Å². The van der Waals surface area contributed by atoms with Gasteiger partial charge < -0.3 is 9.80 Å². The van der Waals surface area contributed by atoms with Crippen molar-refractivity contribution in [3.8, 4) is 9.88 Å². The highest BCUT2D eigenvalue weighted by atomic mass is 32.1. The molecule has 1 fully saturated rings. The molecule has 106 valence electrons. The molecule has 1 saturated heterocycles. The van der Waals surface area contributed by atoms with E-state index in [4.69, 9.17) is 0 Å². The maximum absolute atomic E-state index is 12.4. The van der Waals surface area contributed by atoms with Crippen LogP contribution in [-0.4, -0.2) is 53.4 Å². The van der Waals surface area contributed by atoms with Crippen LogP contribution in [0.1, 0.15) is 17.4 Å². The van der Waals surface area contributed by atoms with Crippen molar-refractivity contribution in [3.63, 3.8) is 0 Å². The zero-order chi connectivity index (χ0) is 13.9. The molecule has 1 aliphatic heterocycles. The van der Waals surface area contributed by atoms with E-state index in [0.29, 0.717) is 5.69 Å². The van der Waals surface area contributed by atoms with Crippen molar-refractivity contribution >= 4 is 28.6 Å². The summed E-state index contributed by atoms with van der Waals surface area (Å²) in [6.45, 7) is 6.75. The molecular formula is C14H17N3OS2. The van der Waals surface area contributed by atoms with Gasteiger partial charge in [0.1, 0.15) is 10.7 Å². The fourth-order valence-corrected chi connectivity index (χ4v) is 3.92. The van der Waals surface area contributed by atoms with Crippen LogP contribution in [0.4, 0.5) is 0 Å². The van der Waals surface area contributed by atoms with Gasteiger partial charge in [-0.25, -0.2) is 4.98 Å². The Labute approximate surface area is 126 Å². The lowest BCUT2D eigenvalue weighted by molar-refractivity contribution is 0.0638. The van der Waals surface area contributed by atoms with Crippen LogP contribution < -0.4 is 0 Å². The van der Waals surface area contributed by atoms with Crippen LogP contribution in [0.15, 0.2) is 22.9 Å². The lowest BCUT2D eigenvalue weighted by atomic mass is 10.3. The molecule has 0 bridgehead atoms. The van der Waals surface area contributed by atoms with Crippen molar-refractivity contribution in [2.24, 2.45) is 0 Å². The highest BCUT2D eigenvalue weighted by Gasteiger charge is 2.23. The van der Waals surface area contributed by atoms with Crippen LogP contribution >= 0.6 is 22.7 Å². The lowest BCUT2D eigenvalue weighted by Crippen LogP contribution is -2.48. The smallest absolute Gasteiger partial charge is 0.273 e. The number of likely N-dealkylation sites (N-methyl/N-ethyl adjacent to an activating group) is 1. The molecule has 6 heteroatoms. The molecule has 1 amide bonds. The normalized spacial score (nSPS) is 16.6. The highest BCUT2D eigenvalue weighted by molar-refractivity contribution is 7.20. The topological polar surface area (TPSA) is 36.4 Å². The number of hydrogen-bond donors (Lipinski definition) is 0. The SMILES string of the molecule is CCN1CCN(C(=O)c2csc(-c3cccs3)n2)CC1. The standard InChI is InChI=1S/C14H17N3OS2/c1-2-16-5-7-17(8-6-16)14(18)11-10-20-13(15-11)12-4-3-9-19-12/h3-4,9-10H,2,5-8H2,1H3. The Morgan fingerprint density at radius 1 is 1.30 bits per heavy atom. The minimum atomic E-state index is 0.0693. The van der Waals surface area contributed by atoms with Crippen molar-refractivity contribution in [3.05, 3.63) is 28.6 Å². The van der Waals surface area contributed by atoms with Crippen LogP contribution in [-0.2, 0) is 0 Å². The number of thiazole rings is 1. The summed E-state index contributed by atoms with van der Waals surface area (Å²) in [6, 6.07) is 4.05. The second-order valence-corrected chi connectivity index (χ2v) is 6.55. The van der Waals surface area contributed by atoms with E-state index in [1.165, 1.54) is 0 Å². The number of rotatable bonds is 3. The van der Waals surface area contributed by atoms with Crippen molar-refractivity contribution < 1.29 is 4.79 Å². The van der Waals surface area contributed by atoms with E-state index in [0.717, 1.165) is 42.6 Å². The van der Waals surface area contributed by atoms with Gasteiger partial charge in [0.2, 0.25) is 0 Å². The number of carbonyl (C=O) groups is 1. The van der Waals surface area contributed by atoms with Gasteiger partial charge in [-0.2, -0.15) is 0 Å². The van der Waals surface area contributed by atoms with Crippen LogP contribution in [0.3, 0.4) is 0 Å². The number of carbonyl (C=O) groups excluding carboxylic acids is 1. The highest BCUT2D eigenvalue weighted by Crippen LogP contribution is 2.28. The summed E-state index contributed by atoms with van der Waals surface area (Å²) in [7, 11) is 0. The van der Waals surface area contributed by atoms with E-state index in [1.807, 2.05) is 27.8 Å². The molecule has 0 spiro atoms. The molecule has 4 nitrogen and oxygen atoms in total. The van der Waals surface area contributed by atoms with Gasteiger partial charge in [0.25, 0.3) is 5.91 Å². The Morgan fingerprint density at radius 2 is 2.10 bits per heavy atom. The number of amides is 1. The van der Waals surface area contributed by atoms with Gasteiger partial charge >= 0.3 is 0 Å². The summed E-state index contributed by atoms with van der Waals surface area (Å²) < 4.78 is 0. The number of piperazine rings is 1. The van der Waals surface area contributed by atoms with Gasteiger partial charge in [0, 0.05) is 31.6 Å². The maximum atomic E-state index is 12.4. The quantitative estimate of drug-likeness (QED) is 0.874. The first-order valence-corrected chi connectivity index (χ1v) is 8.55. The monoisotopic (exact) mass is 307 g/mol. The van der Waals surface area contributed by atoms with Crippen LogP contribution in [0.25, 0.3) is 9.88 Å². The molecule has 2 aromatic heterocycles. The summed E-state index contributed by atoms with van der Waals surface area (Å²) in [4.78, 5) is 22.3. The third kappa shape index (κ3) is 2.77. The van der Waals surface area contributed by atoms with Crippen molar-refractivity contribution in [1.82, 2.24) is 14.8 Å². The molecule has 0 unspecified atom stereocenters. The Balaban J connectivity index is 1.69. The molecule has 1 aliphatic rings. The van der Waals surface area contributed by atoms with Gasteiger partial charge in [0.05, 0.1) is 4.88 Å². The van der Waals surface area contributed by atoms with E-state index < -0.39 is 0 Å². The molecule has 0 aliphatic carbocycles. The Morgan fingerprint density at radius 3 is 2.75 bits per heavy atom. The number of thiophene rings is 1. The molecule has 0 atom stereocenters. The van der Waals surface area contributed by atoms with E-state index in [2.05, 4.69) is 16.8 Å². The molecule has 0 radical (unpaired) electrons. The summed E-state index contributed by atoms with van der Waals surface area (Å²) in [5, 5.41) is 4.85. The molecular weight excluding hydrogens is 290 g/mol. The van der Waals surface area contributed by atoms with E-state index in [9.17, 15) is 4.79 Å². The minimum Gasteiger partial charge on any atom is -0.335 e. The zero-order valence-corrected chi connectivity index (χ0v) is 13.0.